The fourth-order valence-electron chi connectivity index (χ4n) is 6.66. The molecule has 0 rings (SSSR count). The quantitative estimate of drug-likeness (QED) is 0.0287. The van der Waals surface area contributed by atoms with E-state index in [4.69, 9.17) is 14.2 Å². The van der Waals surface area contributed by atoms with Gasteiger partial charge in [-0.15, -0.1) is 0 Å². The molecule has 0 fully saturated rings. The summed E-state index contributed by atoms with van der Waals surface area (Å²) in [7, 11) is 5.52. The van der Waals surface area contributed by atoms with Gasteiger partial charge in [0.05, 0.1) is 34.4 Å². The van der Waals surface area contributed by atoms with E-state index in [1.165, 1.54) is 96.3 Å². The maximum Gasteiger partial charge on any atom is 0.362 e. The smallest absolute Gasteiger partial charge is 0.362 e. The fraction of sp³-hybridized carbons (Fsp3) is 0.848. The average molecular weight is 765 g/mol. The van der Waals surface area contributed by atoms with Crippen LogP contribution in [0.4, 0.5) is 0 Å². The molecule has 0 bridgehead atoms. The molecular weight excluding hydrogens is 679 g/mol. The largest absolute Gasteiger partial charge is 0.477 e. The average Bonchev–Trinajstić information content (AvgIpc) is 3.12. The molecule has 8 heteroatoms. The van der Waals surface area contributed by atoms with Gasteiger partial charge in [0.1, 0.15) is 6.61 Å². The number of likely N-dealkylation sites (N-methyl/N-ethyl adjacent to an activating group) is 1. The summed E-state index contributed by atoms with van der Waals surface area (Å²) in [4.78, 5) is 36.9. The second kappa shape index (κ2) is 37.7. The van der Waals surface area contributed by atoms with Gasteiger partial charge in [-0.1, -0.05) is 167 Å². The first-order valence-electron chi connectivity index (χ1n) is 22.4. The normalized spacial score (nSPS) is 13.1. The summed E-state index contributed by atoms with van der Waals surface area (Å²) in [6.45, 7) is 4.63. The van der Waals surface area contributed by atoms with Crippen LogP contribution in [0.1, 0.15) is 200 Å². The summed E-state index contributed by atoms with van der Waals surface area (Å²) in [5, 5.41) is 9.61. The van der Waals surface area contributed by atoms with Gasteiger partial charge in [-0.05, 0) is 38.5 Å². The van der Waals surface area contributed by atoms with E-state index in [9.17, 15) is 19.5 Å². The number of hydrogen-bond acceptors (Lipinski definition) is 6. The predicted molar refractivity (Wildman–Crippen MR) is 225 cm³/mol. The lowest BCUT2D eigenvalue weighted by Gasteiger charge is -2.31. The van der Waals surface area contributed by atoms with E-state index in [2.05, 4.69) is 38.2 Å². The molecule has 0 aromatic rings. The third-order valence-corrected chi connectivity index (χ3v) is 10.1. The van der Waals surface area contributed by atoms with Gasteiger partial charge in [-0.3, -0.25) is 9.59 Å². The standard InChI is InChI=1S/C46H85NO7/c1-6-8-10-12-14-16-18-20-21-22-23-24-25-27-28-30-32-34-36-44(48)53-41-42(40-52-39-38-43(46(50)51)47(3,4)5)54-45(49)37-35-33-31-29-26-19-17-15-13-11-9-7-2/h9,11,15,17,42-43H,6-8,10,12-14,16,18-41H2,1-5H3/p+1/b11-9+,17-15+. The second-order valence-corrected chi connectivity index (χ2v) is 16.3. The molecule has 0 radical (unpaired) electrons. The van der Waals surface area contributed by atoms with Crippen molar-refractivity contribution in [1.29, 1.82) is 0 Å². The highest BCUT2D eigenvalue weighted by molar-refractivity contribution is 5.72. The Kier molecular flexibility index (Phi) is 36.2. The summed E-state index contributed by atoms with van der Waals surface area (Å²) in [5.41, 5.74) is 0. The van der Waals surface area contributed by atoms with E-state index in [1.807, 2.05) is 21.1 Å². The van der Waals surface area contributed by atoms with Crippen molar-refractivity contribution in [3.8, 4) is 0 Å². The van der Waals surface area contributed by atoms with Crippen molar-refractivity contribution in [2.24, 2.45) is 0 Å². The summed E-state index contributed by atoms with van der Waals surface area (Å²) < 4.78 is 17.3. The minimum Gasteiger partial charge on any atom is -0.477 e. The molecule has 0 aromatic carbocycles. The number of carbonyl (C=O) groups is 3. The summed E-state index contributed by atoms with van der Waals surface area (Å²) in [6, 6.07) is -0.614. The van der Waals surface area contributed by atoms with Crippen LogP contribution < -0.4 is 0 Å². The number of carboxylic acids is 1. The third-order valence-electron chi connectivity index (χ3n) is 10.1. The summed E-state index contributed by atoms with van der Waals surface area (Å²) >= 11 is 0. The molecule has 0 amide bonds. The molecule has 0 heterocycles. The van der Waals surface area contributed by atoms with E-state index >= 15 is 0 Å². The molecule has 0 aliphatic carbocycles. The van der Waals surface area contributed by atoms with Crippen molar-refractivity contribution in [1.82, 2.24) is 0 Å². The molecule has 2 unspecified atom stereocenters. The molecule has 2 atom stereocenters. The Hall–Kier alpha value is -2.19. The van der Waals surface area contributed by atoms with Gasteiger partial charge in [0.25, 0.3) is 0 Å². The number of allylic oxidation sites excluding steroid dienone is 4. The Morgan fingerprint density at radius 3 is 1.52 bits per heavy atom. The number of unbranched alkanes of at least 4 members (excludes halogenated alkanes) is 22. The molecule has 0 aliphatic heterocycles. The zero-order valence-electron chi connectivity index (χ0n) is 35.9. The van der Waals surface area contributed by atoms with Crippen molar-refractivity contribution in [3.05, 3.63) is 24.3 Å². The van der Waals surface area contributed by atoms with Crippen LogP contribution in [0.25, 0.3) is 0 Å². The van der Waals surface area contributed by atoms with E-state index in [-0.39, 0.29) is 36.2 Å². The molecule has 0 saturated heterocycles. The molecule has 0 saturated carbocycles. The second-order valence-electron chi connectivity index (χ2n) is 16.3. The van der Waals surface area contributed by atoms with Crippen LogP contribution in [0.15, 0.2) is 24.3 Å². The molecule has 0 aliphatic rings. The van der Waals surface area contributed by atoms with Crippen molar-refractivity contribution in [2.45, 2.75) is 212 Å². The van der Waals surface area contributed by atoms with Gasteiger partial charge < -0.3 is 23.8 Å². The van der Waals surface area contributed by atoms with E-state index in [0.717, 1.165) is 70.6 Å². The van der Waals surface area contributed by atoms with Gasteiger partial charge in [0.2, 0.25) is 0 Å². The first kappa shape index (κ1) is 51.8. The number of carboxylic acid groups (broad SMARTS) is 1. The Morgan fingerprint density at radius 1 is 0.574 bits per heavy atom. The topological polar surface area (TPSA) is 99.1 Å². The highest BCUT2D eigenvalue weighted by Crippen LogP contribution is 2.16. The Balaban J connectivity index is 4.27. The molecule has 8 nitrogen and oxygen atoms in total. The number of ether oxygens (including phenoxy) is 3. The molecule has 0 aromatic heterocycles. The molecular formula is C46H86NO7+. The number of carbonyl (C=O) groups excluding carboxylic acids is 2. The number of nitrogens with zero attached hydrogens (tertiary/aromatic N) is 1. The van der Waals surface area contributed by atoms with E-state index < -0.39 is 18.1 Å². The van der Waals surface area contributed by atoms with Crippen molar-refractivity contribution in [3.63, 3.8) is 0 Å². The number of aliphatic carboxylic acids is 1. The minimum atomic E-state index is -0.876. The van der Waals surface area contributed by atoms with Gasteiger partial charge in [-0.2, -0.15) is 0 Å². The number of hydrogen-bond donors (Lipinski definition) is 1. The van der Waals surface area contributed by atoms with E-state index in [0.29, 0.717) is 19.3 Å². The highest BCUT2D eigenvalue weighted by atomic mass is 16.6. The zero-order valence-corrected chi connectivity index (χ0v) is 35.9. The van der Waals surface area contributed by atoms with Crippen LogP contribution in [0, 0.1) is 0 Å². The van der Waals surface area contributed by atoms with Crippen LogP contribution in [0.2, 0.25) is 0 Å². The lowest BCUT2D eigenvalue weighted by Crippen LogP contribution is -2.50. The van der Waals surface area contributed by atoms with E-state index in [1.54, 1.807) is 0 Å². The first-order valence-corrected chi connectivity index (χ1v) is 22.4. The minimum absolute atomic E-state index is 0.0525. The number of rotatable bonds is 40. The maximum atomic E-state index is 12.7. The summed E-state index contributed by atoms with van der Waals surface area (Å²) in [6.07, 6.45) is 40.8. The zero-order chi connectivity index (χ0) is 40.0. The number of quaternary nitrogens is 1. The lowest BCUT2D eigenvalue weighted by atomic mass is 10.0. The monoisotopic (exact) mass is 765 g/mol. The Morgan fingerprint density at radius 2 is 1.04 bits per heavy atom. The fourth-order valence-corrected chi connectivity index (χ4v) is 6.66. The lowest BCUT2D eigenvalue weighted by molar-refractivity contribution is -0.887. The van der Waals surface area contributed by atoms with Crippen molar-refractivity contribution >= 4 is 17.9 Å². The van der Waals surface area contributed by atoms with Gasteiger partial charge in [-0.25, -0.2) is 4.79 Å². The number of esters is 2. The van der Waals surface area contributed by atoms with Crippen molar-refractivity contribution in [2.75, 3.05) is 41.0 Å². The SMILES string of the molecule is CC/C=C/C/C=C/CCCCCCCC(=O)OC(COCCC(C(=O)O)[N+](C)(C)C)COC(=O)CCCCCCCCCCCCCCCCCCCC. The van der Waals surface area contributed by atoms with Gasteiger partial charge >= 0.3 is 17.9 Å². The Labute approximate surface area is 332 Å². The molecule has 54 heavy (non-hydrogen) atoms. The van der Waals surface area contributed by atoms with Gasteiger partial charge in [0, 0.05) is 19.3 Å². The van der Waals surface area contributed by atoms with Crippen LogP contribution in [-0.2, 0) is 28.6 Å². The van der Waals surface area contributed by atoms with Crippen LogP contribution in [0.3, 0.4) is 0 Å². The molecule has 316 valence electrons. The van der Waals surface area contributed by atoms with Gasteiger partial charge in [0.15, 0.2) is 12.1 Å². The Bertz CT molecular complexity index is 942. The molecule has 0 spiro atoms. The van der Waals surface area contributed by atoms with Crippen molar-refractivity contribution < 1.29 is 38.2 Å². The van der Waals surface area contributed by atoms with Crippen LogP contribution >= 0.6 is 0 Å². The third kappa shape index (κ3) is 35.5. The highest BCUT2D eigenvalue weighted by Gasteiger charge is 2.31. The maximum absolute atomic E-state index is 12.7. The van der Waals surface area contributed by atoms with Crippen LogP contribution in [-0.4, -0.2) is 80.6 Å². The summed E-state index contributed by atoms with van der Waals surface area (Å²) in [5.74, 6) is -1.48. The molecule has 1 N–H and O–H groups in total. The van der Waals surface area contributed by atoms with Crippen LogP contribution in [0.5, 0.6) is 0 Å². The first-order chi connectivity index (χ1) is 26.1. The predicted octanol–water partition coefficient (Wildman–Crippen LogP) is 12.1.